The summed E-state index contributed by atoms with van der Waals surface area (Å²) in [6.07, 6.45) is 3.03. The van der Waals surface area contributed by atoms with E-state index in [0.717, 1.165) is 23.8 Å². The van der Waals surface area contributed by atoms with E-state index in [1.54, 1.807) is 11.3 Å². The Morgan fingerprint density at radius 2 is 2.33 bits per heavy atom. The second-order valence-electron chi connectivity index (χ2n) is 4.02. The van der Waals surface area contributed by atoms with Gasteiger partial charge >= 0.3 is 0 Å². The van der Waals surface area contributed by atoms with Crippen LogP contribution < -0.4 is 5.32 Å². The molecule has 1 heterocycles. The lowest BCUT2D eigenvalue weighted by molar-refractivity contribution is 0.398. The highest BCUT2D eigenvalue weighted by Crippen LogP contribution is 2.29. The summed E-state index contributed by atoms with van der Waals surface area (Å²) < 4.78 is 0.861. The average Bonchev–Trinajstić information content (AvgIpc) is 2.61. The Labute approximate surface area is 101 Å². The normalized spacial score (nSPS) is 14.9. The van der Waals surface area contributed by atoms with Crippen LogP contribution in [0.4, 0.5) is 0 Å². The van der Waals surface area contributed by atoms with Gasteiger partial charge in [-0.05, 0) is 25.1 Å². The Balaban J connectivity index is 2.63. The maximum atomic E-state index is 5.91. The molecule has 1 N–H and O–H groups in total. The molecule has 3 heteroatoms. The third-order valence-corrected chi connectivity index (χ3v) is 3.71. The van der Waals surface area contributed by atoms with Crippen molar-refractivity contribution in [1.82, 2.24) is 5.32 Å². The van der Waals surface area contributed by atoms with Gasteiger partial charge in [0.25, 0.3) is 0 Å². The second-order valence-corrected chi connectivity index (χ2v) is 5.82. The largest absolute Gasteiger partial charge is 0.316 e. The van der Waals surface area contributed by atoms with Crippen LogP contribution in [0, 0.1) is 5.41 Å². The SMILES string of the molecule is C=CC(C)(CNCC)Cc1ccc(Cl)s1. The van der Waals surface area contributed by atoms with Crippen LogP contribution in [0.15, 0.2) is 24.8 Å². The zero-order chi connectivity index (χ0) is 11.3. The van der Waals surface area contributed by atoms with E-state index < -0.39 is 0 Å². The molecule has 0 saturated carbocycles. The molecule has 0 spiro atoms. The minimum atomic E-state index is 0.115. The monoisotopic (exact) mass is 243 g/mol. The van der Waals surface area contributed by atoms with Crippen LogP contribution in [-0.4, -0.2) is 13.1 Å². The van der Waals surface area contributed by atoms with Crippen molar-refractivity contribution >= 4 is 22.9 Å². The van der Waals surface area contributed by atoms with Crippen molar-refractivity contribution in [2.45, 2.75) is 20.3 Å². The first-order valence-electron chi connectivity index (χ1n) is 5.18. The van der Waals surface area contributed by atoms with Crippen LogP contribution in [0.25, 0.3) is 0 Å². The van der Waals surface area contributed by atoms with Gasteiger partial charge in [-0.3, -0.25) is 0 Å². The van der Waals surface area contributed by atoms with Gasteiger partial charge in [-0.25, -0.2) is 0 Å². The minimum absolute atomic E-state index is 0.115. The van der Waals surface area contributed by atoms with Crippen molar-refractivity contribution in [2.75, 3.05) is 13.1 Å². The van der Waals surface area contributed by atoms with Crippen molar-refractivity contribution < 1.29 is 0 Å². The Morgan fingerprint density at radius 3 is 2.80 bits per heavy atom. The van der Waals surface area contributed by atoms with Gasteiger partial charge in [0.2, 0.25) is 0 Å². The number of nitrogens with one attached hydrogen (secondary N) is 1. The number of thiophene rings is 1. The maximum absolute atomic E-state index is 5.91. The molecule has 0 aliphatic carbocycles. The summed E-state index contributed by atoms with van der Waals surface area (Å²) in [5, 5.41) is 3.37. The van der Waals surface area contributed by atoms with Gasteiger partial charge in [0.15, 0.2) is 0 Å². The van der Waals surface area contributed by atoms with E-state index in [2.05, 4.69) is 31.8 Å². The first-order chi connectivity index (χ1) is 7.09. The molecule has 0 radical (unpaired) electrons. The summed E-state index contributed by atoms with van der Waals surface area (Å²) in [5.74, 6) is 0. The molecular formula is C12H18ClNS. The third-order valence-electron chi connectivity index (χ3n) is 2.48. The molecule has 1 aromatic heterocycles. The van der Waals surface area contributed by atoms with E-state index in [1.165, 1.54) is 4.88 Å². The van der Waals surface area contributed by atoms with Gasteiger partial charge in [-0.1, -0.05) is 31.5 Å². The summed E-state index contributed by atoms with van der Waals surface area (Å²) in [7, 11) is 0. The fourth-order valence-electron chi connectivity index (χ4n) is 1.46. The van der Waals surface area contributed by atoms with Crippen molar-refractivity contribution in [2.24, 2.45) is 5.41 Å². The first kappa shape index (κ1) is 12.8. The van der Waals surface area contributed by atoms with Crippen LogP contribution >= 0.6 is 22.9 Å². The Kier molecular flexibility index (Phi) is 4.84. The molecule has 0 aromatic carbocycles. The van der Waals surface area contributed by atoms with Crippen molar-refractivity contribution in [1.29, 1.82) is 0 Å². The van der Waals surface area contributed by atoms with E-state index in [1.807, 2.05) is 12.1 Å². The molecule has 1 aromatic rings. The molecule has 0 aliphatic heterocycles. The maximum Gasteiger partial charge on any atom is 0.0931 e. The van der Waals surface area contributed by atoms with Gasteiger partial charge in [0.05, 0.1) is 4.34 Å². The molecule has 1 unspecified atom stereocenters. The standard InChI is InChI=1S/C12H18ClNS/c1-4-12(3,9-14-5-2)8-10-6-7-11(13)15-10/h4,6-7,14H,1,5,8-9H2,2-3H3. The van der Waals surface area contributed by atoms with Crippen LogP contribution in [0.5, 0.6) is 0 Å². The van der Waals surface area contributed by atoms with E-state index in [9.17, 15) is 0 Å². The highest BCUT2D eigenvalue weighted by molar-refractivity contribution is 7.16. The van der Waals surface area contributed by atoms with Crippen LogP contribution in [-0.2, 0) is 6.42 Å². The third kappa shape index (κ3) is 3.98. The Morgan fingerprint density at radius 1 is 1.60 bits per heavy atom. The summed E-state index contributed by atoms with van der Waals surface area (Å²) >= 11 is 7.57. The first-order valence-corrected chi connectivity index (χ1v) is 6.37. The van der Waals surface area contributed by atoms with E-state index >= 15 is 0 Å². The fraction of sp³-hybridized carbons (Fsp3) is 0.500. The highest BCUT2D eigenvalue weighted by Gasteiger charge is 2.20. The van der Waals surface area contributed by atoms with E-state index in [0.29, 0.717) is 0 Å². The number of hydrogen-bond acceptors (Lipinski definition) is 2. The topological polar surface area (TPSA) is 12.0 Å². The second kappa shape index (κ2) is 5.69. The summed E-state index contributed by atoms with van der Waals surface area (Å²) in [4.78, 5) is 1.32. The molecule has 1 atom stereocenters. The van der Waals surface area contributed by atoms with Crippen molar-refractivity contribution in [3.63, 3.8) is 0 Å². The van der Waals surface area contributed by atoms with Gasteiger partial charge < -0.3 is 5.32 Å². The zero-order valence-electron chi connectivity index (χ0n) is 9.35. The average molecular weight is 244 g/mol. The molecule has 84 valence electrons. The predicted molar refractivity (Wildman–Crippen MR) is 69.9 cm³/mol. The molecule has 15 heavy (non-hydrogen) atoms. The quantitative estimate of drug-likeness (QED) is 0.751. The number of hydrogen-bond donors (Lipinski definition) is 1. The van der Waals surface area contributed by atoms with Crippen molar-refractivity contribution in [3.05, 3.63) is 34.0 Å². The van der Waals surface area contributed by atoms with Crippen LogP contribution in [0.1, 0.15) is 18.7 Å². The molecule has 1 rings (SSSR count). The number of rotatable bonds is 6. The molecule has 0 fully saturated rings. The zero-order valence-corrected chi connectivity index (χ0v) is 10.9. The number of halogens is 1. The molecule has 0 bridgehead atoms. The molecular weight excluding hydrogens is 226 g/mol. The molecule has 0 amide bonds. The summed E-state index contributed by atoms with van der Waals surface area (Å²) in [6.45, 7) is 10.2. The summed E-state index contributed by atoms with van der Waals surface area (Å²) in [6, 6.07) is 4.05. The molecule has 0 aliphatic rings. The van der Waals surface area contributed by atoms with E-state index in [-0.39, 0.29) is 5.41 Å². The van der Waals surface area contributed by atoms with E-state index in [4.69, 9.17) is 11.6 Å². The van der Waals surface area contributed by atoms with Crippen LogP contribution in [0.3, 0.4) is 0 Å². The van der Waals surface area contributed by atoms with Crippen molar-refractivity contribution in [3.8, 4) is 0 Å². The summed E-state index contributed by atoms with van der Waals surface area (Å²) in [5.41, 5.74) is 0.115. The van der Waals surface area contributed by atoms with Gasteiger partial charge in [0, 0.05) is 16.8 Å². The van der Waals surface area contributed by atoms with Gasteiger partial charge in [0.1, 0.15) is 0 Å². The predicted octanol–water partition coefficient (Wildman–Crippen LogP) is 3.75. The van der Waals surface area contributed by atoms with Gasteiger partial charge in [-0.15, -0.1) is 17.9 Å². The molecule has 1 nitrogen and oxygen atoms in total. The minimum Gasteiger partial charge on any atom is -0.316 e. The lowest BCUT2D eigenvalue weighted by Gasteiger charge is -2.25. The molecule has 0 saturated heterocycles. The fourth-order valence-corrected chi connectivity index (χ4v) is 2.75. The Hall–Kier alpha value is -0.310. The smallest absolute Gasteiger partial charge is 0.0931 e. The Bertz CT molecular complexity index is 321. The van der Waals surface area contributed by atoms with Crippen LogP contribution in [0.2, 0.25) is 4.34 Å². The lowest BCUT2D eigenvalue weighted by atomic mass is 9.86. The lowest BCUT2D eigenvalue weighted by Crippen LogP contribution is -2.31. The van der Waals surface area contributed by atoms with Gasteiger partial charge in [-0.2, -0.15) is 0 Å². The highest BCUT2D eigenvalue weighted by atomic mass is 35.5.